The zero-order valence-corrected chi connectivity index (χ0v) is 16.7. The summed E-state index contributed by atoms with van der Waals surface area (Å²) in [6.07, 6.45) is 13.4. The van der Waals surface area contributed by atoms with Gasteiger partial charge in [0, 0.05) is 0 Å². The van der Waals surface area contributed by atoms with Gasteiger partial charge >= 0.3 is 5.97 Å². The highest BCUT2D eigenvalue weighted by molar-refractivity contribution is 5.89. The monoisotopic (exact) mass is 346 g/mol. The van der Waals surface area contributed by atoms with E-state index in [9.17, 15) is 4.79 Å². The largest absolute Gasteiger partial charge is 0.462 e. The van der Waals surface area contributed by atoms with Crippen molar-refractivity contribution in [2.24, 2.45) is 5.92 Å². The molecule has 25 heavy (non-hydrogen) atoms. The Morgan fingerprint density at radius 2 is 1.48 bits per heavy atom. The number of benzene rings is 1. The molecule has 1 unspecified atom stereocenters. The molecule has 0 N–H and O–H groups in total. The minimum atomic E-state index is -0.169. The predicted molar refractivity (Wildman–Crippen MR) is 107 cm³/mol. The fourth-order valence-corrected chi connectivity index (χ4v) is 3.13. The molecule has 0 spiro atoms. The minimum Gasteiger partial charge on any atom is -0.462 e. The lowest BCUT2D eigenvalue weighted by molar-refractivity contribution is 0.0422. The Labute approximate surface area is 155 Å². The van der Waals surface area contributed by atoms with Crippen molar-refractivity contribution in [1.29, 1.82) is 0 Å². The molecule has 0 aliphatic heterocycles. The Balaban J connectivity index is 2.43. The second-order valence-corrected chi connectivity index (χ2v) is 7.26. The van der Waals surface area contributed by atoms with Gasteiger partial charge < -0.3 is 4.74 Å². The van der Waals surface area contributed by atoms with Gasteiger partial charge in [-0.2, -0.15) is 0 Å². The van der Waals surface area contributed by atoms with E-state index >= 15 is 0 Å². The molecule has 0 saturated carbocycles. The molecule has 142 valence electrons. The molecule has 0 aliphatic rings. The highest BCUT2D eigenvalue weighted by Crippen LogP contribution is 2.19. The summed E-state index contributed by atoms with van der Waals surface area (Å²) in [5.74, 6) is 0.349. The molecular formula is C23H38O2. The Bertz CT molecular complexity index is 450. The molecule has 0 aromatic heterocycles. The Morgan fingerprint density at radius 1 is 0.840 bits per heavy atom. The molecule has 0 saturated heterocycles. The van der Waals surface area contributed by atoms with Crippen LogP contribution in [0.25, 0.3) is 0 Å². The minimum absolute atomic E-state index is 0.169. The third kappa shape index (κ3) is 9.67. The fourth-order valence-electron chi connectivity index (χ4n) is 3.13. The average Bonchev–Trinajstić information content (AvgIpc) is 2.65. The Morgan fingerprint density at radius 3 is 2.12 bits per heavy atom. The number of ether oxygens (including phenoxy) is 1. The second kappa shape index (κ2) is 13.9. The molecule has 1 rings (SSSR count). The van der Waals surface area contributed by atoms with Crippen LogP contribution in [0.5, 0.6) is 0 Å². The van der Waals surface area contributed by atoms with E-state index in [1.807, 2.05) is 12.1 Å². The van der Waals surface area contributed by atoms with E-state index in [0.29, 0.717) is 18.1 Å². The van der Waals surface area contributed by atoms with Gasteiger partial charge in [0.25, 0.3) is 0 Å². The van der Waals surface area contributed by atoms with Crippen molar-refractivity contribution in [3.63, 3.8) is 0 Å². The first-order valence-electron chi connectivity index (χ1n) is 10.5. The lowest BCUT2D eigenvalue weighted by Crippen LogP contribution is -2.15. The van der Waals surface area contributed by atoms with E-state index < -0.39 is 0 Å². The number of esters is 1. The van der Waals surface area contributed by atoms with Crippen LogP contribution in [-0.2, 0) is 11.2 Å². The quantitative estimate of drug-likeness (QED) is 0.269. The van der Waals surface area contributed by atoms with Crippen molar-refractivity contribution in [2.45, 2.75) is 91.4 Å². The van der Waals surface area contributed by atoms with E-state index in [0.717, 1.165) is 6.42 Å². The van der Waals surface area contributed by atoms with E-state index in [1.165, 1.54) is 69.8 Å². The van der Waals surface area contributed by atoms with Gasteiger partial charge in [-0.3, -0.25) is 0 Å². The summed E-state index contributed by atoms with van der Waals surface area (Å²) in [5, 5.41) is 0. The summed E-state index contributed by atoms with van der Waals surface area (Å²) < 4.78 is 5.63. The van der Waals surface area contributed by atoms with E-state index in [1.54, 1.807) is 0 Å². The highest BCUT2D eigenvalue weighted by Gasteiger charge is 2.13. The summed E-state index contributed by atoms with van der Waals surface area (Å²) in [5.41, 5.74) is 1.98. The molecule has 0 bridgehead atoms. The van der Waals surface area contributed by atoms with Crippen molar-refractivity contribution in [3.8, 4) is 0 Å². The van der Waals surface area contributed by atoms with Crippen molar-refractivity contribution in [2.75, 3.05) is 6.61 Å². The normalized spacial score (nSPS) is 12.1. The zero-order valence-electron chi connectivity index (χ0n) is 16.7. The number of carbonyl (C=O) groups excluding carboxylic acids is 1. The first-order valence-corrected chi connectivity index (χ1v) is 10.5. The first-order chi connectivity index (χ1) is 12.2. The van der Waals surface area contributed by atoms with Crippen LogP contribution in [0.4, 0.5) is 0 Å². The maximum Gasteiger partial charge on any atom is 0.338 e. The van der Waals surface area contributed by atoms with Crippen LogP contribution in [0.3, 0.4) is 0 Å². The predicted octanol–water partition coefficient (Wildman–Crippen LogP) is 6.96. The molecule has 0 heterocycles. The maximum atomic E-state index is 12.3. The molecule has 0 fully saturated rings. The molecule has 1 aromatic carbocycles. The van der Waals surface area contributed by atoms with Crippen LogP contribution in [0, 0.1) is 5.92 Å². The van der Waals surface area contributed by atoms with E-state index in [2.05, 4.69) is 32.9 Å². The summed E-state index contributed by atoms with van der Waals surface area (Å²) in [7, 11) is 0. The summed E-state index contributed by atoms with van der Waals surface area (Å²) >= 11 is 0. The molecule has 0 radical (unpaired) electrons. The molecule has 1 atom stereocenters. The average molecular weight is 347 g/mol. The standard InChI is InChI=1S/C23H38O2/c1-4-7-10-11-14-21(13-9-6-3)19-25-23(24)22-17-15-20(16-18-22)12-8-5-2/h15-18,21H,4-14,19H2,1-3H3. The summed E-state index contributed by atoms with van der Waals surface area (Å²) in [6, 6.07) is 7.95. The van der Waals surface area contributed by atoms with Gasteiger partial charge in [0.05, 0.1) is 12.2 Å². The number of carbonyl (C=O) groups is 1. The van der Waals surface area contributed by atoms with Crippen LogP contribution in [0.2, 0.25) is 0 Å². The number of unbranched alkanes of at least 4 members (excludes halogenated alkanes) is 5. The van der Waals surface area contributed by atoms with Crippen LogP contribution in [-0.4, -0.2) is 12.6 Å². The van der Waals surface area contributed by atoms with Crippen molar-refractivity contribution in [3.05, 3.63) is 35.4 Å². The third-order valence-electron chi connectivity index (χ3n) is 4.89. The molecular weight excluding hydrogens is 308 g/mol. The van der Waals surface area contributed by atoms with E-state index in [4.69, 9.17) is 4.74 Å². The van der Waals surface area contributed by atoms with Gasteiger partial charge in [-0.05, 0) is 49.3 Å². The Hall–Kier alpha value is -1.31. The number of hydrogen-bond acceptors (Lipinski definition) is 2. The number of hydrogen-bond donors (Lipinski definition) is 0. The van der Waals surface area contributed by atoms with Gasteiger partial charge in [0.2, 0.25) is 0 Å². The fraction of sp³-hybridized carbons (Fsp3) is 0.696. The van der Waals surface area contributed by atoms with Crippen LogP contribution < -0.4 is 0 Å². The van der Waals surface area contributed by atoms with Crippen molar-refractivity contribution in [1.82, 2.24) is 0 Å². The molecule has 1 aromatic rings. The lowest BCUT2D eigenvalue weighted by Gasteiger charge is -2.17. The highest BCUT2D eigenvalue weighted by atomic mass is 16.5. The maximum absolute atomic E-state index is 12.3. The topological polar surface area (TPSA) is 26.3 Å². The van der Waals surface area contributed by atoms with Gasteiger partial charge in [-0.15, -0.1) is 0 Å². The first kappa shape index (κ1) is 21.7. The second-order valence-electron chi connectivity index (χ2n) is 7.26. The van der Waals surface area contributed by atoms with Crippen molar-refractivity contribution < 1.29 is 9.53 Å². The number of rotatable bonds is 14. The third-order valence-corrected chi connectivity index (χ3v) is 4.89. The summed E-state index contributed by atoms with van der Waals surface area (Å²) in [6.45, 7) is 7.23. The van der Waals surface area contributed by atoms with Crippen molar-refractivity contribution >= 4 is 5.97 Å². The SMILES string of the molecule is CCCCCCC(CCCC)COC(=O)c1ccc(CCCC)cc1. The van der Waals surface area contributed by atoms with E-state index in [-0.39, 0.29) is 5.97 Å². The molecule has 0 aliphatic carbocycles. The Kier molecular flexibility index (Phi) is 12.1. The molecule has 2 nitrogen and oxygen atoms in total. The smallest absolute Gasteiger partial charge is 0.338 e. The lowest BCUT2D eigenvalue weighted by atomic mass is 9.96. The van der Waals surface area contributed by atoms with Crippen LogP contribution >= 0.6 is 0 Å². The van der Waals surface area contributed by atoms with Gasteiger partial charge in [0.1, 0.15) is 0 Å². The van der Waals surface area contributed by atoms with Gasteiger partial charge in [0.15, 0.2) is 0 Å². The van der Waals surface area contributed by atoms with Crippen LogP contribution in [0.1, 0.15) is 101 Å². The van der Waals surface area contributed by atoms with Crippen LogP contribution in [0.15, 0.2) is 24.3 Å². The van der Waals surface area contributed by atoms with Gasteiger partial charge in [-0.25, -0.2) is 4.79 Å². The number of aryl methyl sites for hydroxylation is 1. The van der Waals surface area contributed by atoms with Gasteiger partial charge in [-0.1, -0.05) is 77.8 Å². The molecule has 0 amide bonds. The zero-order chi connectivity index (χ0) is 18.3. The molecule has 2 heteroatoms. The summed E-state index contributed by atoms with van der Waals surface area (Å²) in [4.78, 5) is 12.3.